The Morgan fingerprint density at radius 2 is 1.95 bits per heavy atom. The van der Waals surface area contributed by atoms with Gasteiger partial charge in [0.1, 0.15) is 5.82 Å². The van der Waals surface area contributed by atoms with Crippen LogP contribution in [0, 0.1) is 12.7 Å². The second kappa shape index (κ2) is 6.61. The highest BCUT2D eigenvalue weighted by Crippen LogP contribution is 2.17. The Hall–Kier alpha value is -1.75. The molecule has 0 radical (unpaired) electrons. The first-order chi connectivity index (χ1) is 9.56. The molecule has 20 heavy (non-hydrogen) atoms. The van der Waals surface area contributed by atoms with E-state index in [9.17, 15) is 9.18 Å². The molecule has 1 aromatic carbocycles. The number of nitrogens with one attached hydrogen (secondary N) is 1. The van der Waals surface area contributed by atoms with Gasteiger partial charge >= 0.3 is 0 Å². The van der Waals surface area contributed by atoms with Gasteiger partial charge in [-0.25, -0.2) is 4.39 Å². The van der Waals surface area contributed by atoms with Gasteiger partial charge in [0, 0.05) is 23.3 Å². The number of aromatic nitrogens is 1. The van der Waals surface area contributed by atoms with Crippen LogP contribution in [0.2, 0.25) is 0 Å². The van der Waals surface area contributed by atoms with Gasteiger partial charge in [-0.15, -0.1) is 11.8 Å². The fourth-order valence-electron chi connectivity index (χ4n) is 1.76. The molecule has 0 spiro atoms. The van der Waals surface area contributed by atoms with Crippen molar-refractivity contribution in [2.75, 3.05) is 5.75 Å². The highest BCUT2D eigenvalue weighted by atomic mass is 32.2. The summed E-state index contributed by atoms with van der Waals surface area (Å²) in [5, 5.41) is 2.88. The average Bonchev–Trinajstić information content (AvgIpc) is 2.76. The van der Waals surface area contributed by atoms with Crippen molar-refractivity contribution in [2.24, 2.45) is 7.05 Å². The molecule has 3 nitrogen and oxygen atoms in total. The molecular formula is C15H17FN2OS. The molecule has 1 amide bonds. The van der Waals surface area contributed by atoms with Crippen LogP contribution in [0.1, 0.15) is 11.4 Å². The van der Waals surface area contributed by atoms with Crippen molar-refractivity contribution in [3.8, 4) is 0 Å². The third-order valence-electron chi connectivity index (χ3n) is 3.13. The van der Waals surface area contributed by atoms with Gasteiger partial charge in [0.25, 0.3) is 0 Å². The number of thioether (sulfide) groups is 1. The Morgan fingerprint density at radius 3 is 2.55 bits per heavy atom. The number of carbonyl (C=O) groups excluding carboxylic acids is 1. The van der Waals surface area contributed by atoms with Crippen LogP contribution in [0.4, 0.5) is 4.39 Å². The maximum Gasteiger partial charge on any atom is 0.230 e. The number of benzene rings is 1. The number of nitrogens with zero attached hydrogens (tertiary/aromatic N) is 1. The number of carbonyl (C=O) groups is 1. The molecule has 1 N–H and O–H groups in total. The number of hydrogen-bond acceptors (Lipinski definition) is 2. The minimum atomic E-state index is -0.266. The molecular weight excluding hydrogens is 275 g/mol. The van der Waals surface area contributed by atoms with Crippen molar-refractivity contribution in [1.82, 2.24) is 9.88 Å². The maximum absolute atomic E-state index is 12.7. The number of aryl methyl sites for hydroxylation is 1. The Morgan fingerprint density at radius 1 is 1.25 bits per heavy atom. The van der Waals surface area contributed by atoms with Gasteiger partial charge in [-0.2, -0.15) is 0 Å². The van der Waals surface area contributed by atoms with Crippen molar-refractivity contribution in [3.05, 3.63) is 53.6 Å². The summed E-state index contributed by atoms with van der Waals surface area (Å²) in [5.74, 6) is 0.0331. The summed E-state index contributed by atoms with van der Waals surface area (Å²) in [4.78, 5) is 12.6. The molecule has 0 saturated carbocycles. The molecule has 1 aromatic heterocycles. The summed E-state index contributed by atoms with van der Waals surface area (Å²) in [5.41, 5.74) is 2.23. The first kappa shape index (κ1) is 14.7. The Kier molecular flexibility index (Phi) is 4.84. The lowest BCUT2D eigenvalue weighted by Gasteiger charge is -2.07. The summed E-state index contributed by atoms with van der Waals surface area (Å²) >= 11 is 1.40. The van der Waals surface area contributed by atoms with E-state index in [1.54, 1.807) is 12.1 Å². The fourth-order valence-corrected chi connectivity index (χ4v) is 2.49. The summed E-state index contributed by atoms with van der Waals surface area (Å²) in [7, 11) is 1.98. The molecule has 0 unspecified atom stereocenters. The molecule has 0 atom stereocenters. The van der Waals surface area contributed by atoms with Gasteiger partial charge in [-0.1, -0.05) is 0 Å². The van der Waals surface area contributed by atoms with E-state index in [4.69, 9.17) is 0 Å². The van der Waals surface area contributed by atoms with E-state index in [1.165, 1.54) is 23.9 Å². The summed E-state index contributed by atoms with van der Waals surface area (Å²) in [6.45, 7) is 2.54. The molecule has 0 aliphatic heterocycles. The molecule has 0 aliphatic rings. The minimum Gasteiger partial charge on any atom is -0.350 e. The zero-order chi connectivity index (χ0) is 14.5. The molecule has 0 bridgehead atoms. The molecule has 2 rings (SSSR count). The van der Waals surface area contributed by atoms with Crippen molar-refractivity contribution in [1.29, 1.82) is 0 Å². The van der Waals surface area contributed by atoms with E-state index >= 15 is 0 Å². The monoisotopic (exact) mass is 292 g/mol. The fraction of sp³-hybridized carbons (Fsp3) is 0.267. The van der Waals surface area contributed by atoms with Gasteiger partial charge in [-0.3, -0.25) is 4.79 Å². The normalized spacial score (nSPS) is 10.6. The third kappa shape index (κ3) is 3.87. The largest absolute Gasteiger partial charge is 0.350 e. The highest BCUT2D eigenvalue weighted by Gasteiger charge is 2.05. The summed E-state index contributed by atoms with van der Waals surface area (Å²) < 4.78 is 14.8. The van der Waals surface area contributed by atoms with Crippen molar-refractivity contribution < 1.29 is 9.18 Å². The number of rotatable bonds is 5. The molecule has 0 fully saturated rings. The molecule has 0 aliphatic carbocycles. The lowest BCUT2D eigenvalue weighted by molar-refractivity contribution is -0.118. The highest BCUT2D eigenvalue weighted by molar-refractivity contribution is 8.00. The second-order valence-electron chi connectivity index (χ2n) is 4.54. The van der Waals surface area contributed by atoms with Gasteiger partial charge in [0.05, 0.1) is 12.3 Å². The molecule has 106 valence electrons. The van der Waals surface area contributed by atoms with Crippen LogP contribution in [0.15, 0.2) is 41.3 Å². The van der Waals surface area contributed by atoms with Crippen LogP contribution >= 0.6 is 11.8 Å². The zero-order valence-corrected chi connectivity index (χ0v) is 12.3. The second-order valence-corrected chi connectivity index (χ2v) is 5.59. The Labute approximate surface area is 122 Å². The van der Waals surface area contributed by atoms with E-state index in [1.807, 2.05) is 30.7 Å². The van der Waals surface area contributed by atoms with E-state index in [-0.39, 0.29) is 11.7 Å². The van der Waals surface area contributed by atoms with Gasteiger partial charge in [0.2, 0.25) is 5.91 Å². The SMILES string of the molecule is Cc1ccc(CNC(=O)CSc2ccc(F)cc2)n1C. The van der Waals surface area contributed by atoms with Crippen LogP contribution < -0.4 is 5.32 Å². The van der Waals surface area contributed by atoms with Crippen LogP contribution in [0.5, 0.6) is 0 Å². The summed E-state index contributed by atoms with van der Waals surface area (Å²) in [6.07, 6.45) is 0. The predicted octanol–water partition coefficient (Wildman–Crippen LogP) is 2.88. The number of hydrogen-bond donors (Lipinski definition) is 1. The average molecular weight is 292 g/mol. The zero-order valence-electron chi connectivity index (χ0n) is 11.5. The lowest BCUT2D eigenvalue weighted by Crippen LogP contribution is -2.25. The Bertz CT molecular complexity index is 592. The lowest BCUT2D eigenvalue weighted by atomic mass is 10.4. The van der Waals surface area contributed by atoms with E-state index in [0.29, 0.717) is 12.3 Å². The standard InChI is InChI=1S/C15H17FN2OS/c1-11-3-6-13(18(11)2)9-17-15(19)10-20-14-7-4-12(16)5-8-14/h3-8H,9-10H2,1-2H3,(H,17,19). The molecule has 2 aromatic rings. The third-order valence-corrected chi connectivity index (χ3v) is 4.14. The molecule has 5 heteroatoms. The predicted molar refractivity (Wildman–Crippen MR) is 79.1 cm³/mol. The number of amides is 1. The van der Waals surface area contributed by atoms with E-state index in [2.05, 4.69) is 5.32 Å². The number of halogens is 1. The van der Waals surface area contributed by atoms with Crippen LogP contribution in [-0.4, -0.2) is 16.2 Å². The van der Waals surface area contributed by atoms with Crippen molar-refractivity contribution >= 4 is 17.7 Å². The van der Waals surface area contributed by atoms with Crippen LogP contribution in [-0.2, 0) is 18.4 Å². The first-order valence-corrected chi connectivity index (χ1v) is 7.31. The van der Waals surface area contributed by atoms with Gasteiger partial charge in [0.15, 0.2) is 0 Å². The minimum absolute atomic E-state index is 0.0295. The first-order valence-electron chi connectivity index (χ1n) is 6.32. The molecule has 1 heterocycles. The topological polar surface area (TPSA) is 34.0 Å². The Balaban J connectivity index is 1.78. The van der Waals surface area contributed by atoms with Gasteiger partial charge in [-0.05, 0) is 43.3 Å². The smallest absolute Gasteiger partial charge is 0.230 e. The quantitative estimate of drug-likeness (QED) is 0.860. The van der Waals surface area contributed by atoms with Gasteiger partial charge < -0.3 is 9.88 Å². The van der Waals surface area contributed by atoms with E-state index in [0.717, 1.165) is 16.3 Å². The maximum atomic E-state index is 12.7. The van der Waals surface area contributed by atoms with Crippen LogP contribution in [0.3, 0.4) is 0 Å². The summed E-state index contributed by atoms with van der Waals surface area (Å²) in [6, 6.07) is 10.2. The van der Waals surface area contributed by atoms with E-state index < -0.39 is 0 Å². The molecule has 0 saturated heterocycles. The van der Waals surface area contributed by atoms with Crippen LogP contribution in [0.25, 0.3) is 0 Å². The van der Waals surface area contributed by atoms with Crippen molar-refractivity contribution in [3.63, 3.8) is 0 Å². The van der Waals surface area contributed by atoms with Crippen molar-refractivity contribution in [2.45, 2.75) is 18.4 Å².